The maximum atomic E-state index is 11.9. The lowest BCUT2D eigenvalue weighted by molar-refractivity contribution is 0.0554. The number of rotatable bonds is 2. The number of carbonyl (C=O) groups is 2. The second-order valence-electron chi connectivity index (χ2n) is 4.73. The molecule has 0 saturated heterocycles. The van der Waals surface area contributed by atoms with Crippen molar-refractivity contribution >= 4 is 11.9 Å². The van der Waals surface area contributed by atoms with Gasteiger partial charge in [0.05, 0.1) is 25.3 Å². The van der Waals surface area contributed by atoms with Gasteiger partial charge >= 0.3 is 11.9 Å². The van der Waals surface area contributed by atoms with Crippen molar-refractivity contribution in [3.05, 3.63) is 22.5 Å². The predicted octanol–water partition coefficient (Wildman–Crippen LogP) is 2.25. The lowest BCUT2D eigenvalue weighted by Gasteiger charge is -2.07. The normalized spacial score (nSPS) is 15.1. The molecule has 0 spiro atoms. The largest absolute Gasteiger partial charge is 0.465 e. The molecule has 2 rings (SSSR count). The van der Waals surface area contributed by atoms with Gasteiger partial charge in [-0.05, 0) is 25.7 Å². The van der Waals surface area contributed by atoms with Gasteiger partial charge in [0.15, 0.2) is 0 Å². The van der Waals surface area contributed by atoms with Crippen molar-refractivity contribution < 1.29 is 19.1 Å². The second-order valence-corrected chi connectivity index (χ2v) is 4.73. The number of methoxy groups -OCH3 is 2. The van der Waals surface area contributed by atoms with Gasteiger partial charge in [-0.1, -0.05) is 12.8 Å². The number of hydrogen-bond acceptors (Lipinski definition) is 4. The van der Waals surface area contributed by atoms with Crippen LogP contribution in [0, 0.1) is 0 Å². The molecule has 0 aromatic carbocycles. The topological polar surface area (TPSA) is 68.4 Å². The highest BCUT2D eigenvalue weighted by Gasteiger charge is 2.28. The number of carbonyl (C=O) groups excluding carboxylic acids is 2. The quantitative estimate of drug-likeness (QED) is 0.833. The molecule has 0 saturated carbocycles. The molecule has 19 heavy (non-hydrogen) atoms. The Morgan fingerprint density at radius 1 is 0.842 bits per heavy atom. The highest BCUT2D eigenvalue weighted by Crippen LogP contribution is 2.26. The summed E-state index contributed by atoms with van der Waals surface area (Å²) < 4.78 is 9.60. The number of esters is 2. The predicted molar refractivity (Wildman–Crippen MR) is 69.3 cm³/mol. The van der Waals surface area contributed by atoms with E-state index in [2.05, 4.69) is 4.98 Å². The molecule has 1 N–H and O–H groups in total. The van der Waals surface area contributed by atoms with Gasteiger partial charge in [0.1, 0.15) is 0 Å². The fraction of sp³-hybridized carbons (Fsp3) is 0.571. The van der Waals surface area contributed by atoms with Gasteiger partial charge in [-0.25, -0.2) is 9.59 Å². The number of aromatic amines is 1. The van der Waals surface area contributed by atoms with Crippen LogP contribution in [-0.4, -0.2) is 31.1 Å². The third-order valence-corrected chi connectivity index (χ3v) is 3.54. The smallest absolute Gasteiger partial charge is 0.340 e. The highest BCUT2D eigenvalue weighted by atomic mass is 16.5. The van der Waals surface area contributed by atoms with Crippen molar-refractivity contribution in [2.45, 2.75) is 38.5 Å². The highest BCUT2D eigenvalue weighted by molar-refractivity contribution is 6.05. The molecule has 0 fully saturated rings. The van der Waals surface area contributed by atoms with Crippen LogP contribution in [0.15, 0.2) is 0 Å². The van der Waals surface area contributed by atoms with Gasteiger partial charge in [0.25, 0.3) is 0 Å². The van der Waals surface area contributed by atoms with Gasteiger partial charge in [-0.3, -0.25) is 0 Å². The molecule has 5 heteroatoms. The molecule has 1 aromatic heterocycles. The van der Waals surface area contributed by atoms with Crippen molar-refractivity contribution in [3.63, 3.8) is 0 Å². The average Bonchev–Trinajstić information content (AvgIpc) is 2.84. The molecule has 1 aromatic rings. The van der Waals surface area contributed by atoms with Crippen LogP contribution in [-0.2, 0) is 22.3 Å². The summed E-state index contributed by atoms with van der Waals surface area (Å²) in [6.07, 6.45) is 5.80. The summed E-state index contributed by atoms with van der Waals surface area (Å²) in [5.41, 5.74) is 2.30. The van der Waals surface area contributed by atoms with E-state index in [1.807, 2.05) is 0 Å². The van der Waals surface area contributed by atoms with Gasteiger partial charge < -0.3 is 14.5 Å². The molecular formula is C14H19NO4. The third-order valence-electron chi connectivity index (χ3n) is 3.54. The Hall–Kier alpha value is -1.78. The minimum atomic E-state index is -0.474. The molecular weight excluding hydrogens is 246 g/mol. The van der Waals surface area contributed by atoms with E-state index in [1.165, 1.54) is 14.2 Å². The van der Waals surface area contributed by atoms with Crippen molar-refractivity contribution in [3.8, 4) is 0 Å². The van der Waals surface area contributed by atoms with E-state index in [0.717, 1.165) is 49.9 Å². The lowest BCUT2D eigenvalue weighted by atomic mass is 10.00. The Morgan fingerprint density at radius 3 is 1.63 bits per heavy atom. The fourth-order valence-electron chi connectivity index (χ4n) is 2.60. The van der Waals surface area contributed by atoms with Crippen LogP contribution < -0.4 is 0 Å². The van der Waals surface area contributed by atoms with Gasteiger partial charge in [0.2, 0.25) is 0 Å². The summed E-state index contributed by atoms with van der Waals surface area (Å²) in [6, 6.07) is 0. The van der Waals surface area contributed by atoms with Crippen LogP contribution in [0.3, 0.4) is 0 Å². The fourth-order valence-corrected chi connectivity index (χ4v) is 2.60. The minimum absolute atomic E-state index is 0.353. The van der Waals surface area contributed by atoms with E-state index in [4.69, 9.17) is 9.47 Å². The number of hydrogen-bond donors (Lipinski definition) is 1. The Bertz CT molecular complexity index is 447. The molecule has 1 aliphatic rings. The van der Waals surface area contributed by atoms with E-state index in [0.29, 0.717) is 11.1 Å². The molecule has 0 aliphatic carbocycles. The number of aromatic nitrogens is 1. The van der Waals surface area contributed by atoms with Crippen molar-refractivity contribution in [1.82, 2.24) is 4.98 Å². The maximum Gasteiger partial charge on any atom is 0.340 e. The van der Waals surface area contributed by atoms with E-state index >= 15 is 0 Å². The molecule has 2 bridgehead atoms. The molecule has 1 aliphatic heterocycles. The number of nitrogens with one attached hydrogen (secondary N) is 1. The van der Waals surface area contributed by atoms with Gasteiger partial charge in [-0.15, -0.1) is 0 Å². The Morgan fingerprint density at radius 2 is 1.26 bits per heavy atom. The van der Waals surface area contributed by atoms with Crippen molar-refractivity contribution in [1.29, 1.82) is 0 Å². The van der Waals surface area contributed by atoms with Crippen LogP contribution in [0.2, 0.25) is 0 Å². The van der Waals surface area contributed by atoms with Crippen LogP contribution in [0.1, 0.15) is 57.8 Å². The molecule has 0 amide bonds. The summed E-state index contributed by atoms with van der Waals surface area (Å²) >= 11 is 0. The standard InChI is InChI=1S/C14H19NO4/c1-18-13(16)11-9-7-5-3-4-6-8-10(15-9)12(11)14(17)19-2/h15H,3-8H2,1-2H3. The number of H-pyrrole nitrogens is 1. The zero-order chi connectivity index (χ0) is 13.8. The Balaban J connectivity index is 2.54. The summed E-state index contributed by atoms with van der Waals surface area (Å²) in [4.78, 5) is 27.1. The third kappa shape index (κ3) is 2.64. The van der Waals surface area contributed by atoms with Crippen LogP contribution in [0.4, 0.5) is 0 Å². The SMILES string of the molecule is COC(=O)c1c2[nH]c(c1C(=O)OC)CCCCCC2. The van der Waals surface area contributed by atoms with E-state index in [1.54, 1.807) is 0 Å². The monoisotopic (exact) mass is 265 g/mol. The minimum Gasteiger partial charge on any atom is -0.465 e. The van der Waals surface area contributed by atoms with E-state index in [9.17, 15) is 9.59 Å². The van der Waals surface area contributed by atoms with Gasteiger partial charge in [0, 0.05) is 11.4 Å². The molecule has 104 valence electrons. The first-order valence-electron chi connectivity index (χ1n) is 6.59. The first-order chi connectivity index (χ1) is 9.19. The first kappa shape index (κ1) is 13.6. The summed E-state index contributed by atoms with van der Waals surface area (Å²) in [5.74, 6) is -0.947. The van der Waals surface area contributed by atoms with Crippen LogP contribution >= 0.6 is 0 Å². The zero-order valence-corrected chi connectivity index (χ0v) is 11.4. The van der Waals surface area contributed by atoms with Crippen LogP contribution in [0.25, 0.3) is 0 Å². The summed E-state index contributed by atoms with van der Waals surface area (Å²) in [7, 11) is 2.65. The lowest BCUT2D eigenvalue weighted by Crippen LogP contribution is -2.13. The molecule has 2 heterocycles. The Labute approximate surface area is 112 Å². The number of ether oxygens (including phenoxy) is 2. The molecule has 0 atom stereocenters. The van der Waals surface area contributed by atoms with Crippen molar-refractivity contribution in [2.24, 2.45) is 0 Å². The van der Waals surface area contributed by atoms with Gasteiger partial charge in [-0.2, -0.15) is 0 Å². The average molecular weight is 265 g/mol. The first-order valence-corrected chi connectivity index (χ1v) is 6.59. The Kier molecular flexibility index (Phi) is 4.24. The van der Waals surface area contributed by atoms with Crippen LogP contribution in [0.5, 0.6) is 0 Å². The van der Waals surface area contributed by atoms with E-state index < -0.39 is 11.9 Å². The number of aryl methyl sites for hydroxylation is 2. The molecule has 5 nitrogen and oxygen atoms in total. The summed E-state index contributed by atoms with van der Waals surface area (Å²) in [5, 5.41) is 0. The zero-order valence-electron chi connectivity index (χ0n) is 11.4. The van der Waals surface area contributed by atoms with Crippen molar-refractivity contribution in [2.75, 3.05) is 14.2 Å². The molecule has 0 radical (unpaired) electrons. The van der Waals surface area contributed by atoms with E-state index in [-0.39, 0.29) is 0 Å². The molecule has 0 unspecified atom stereocenters. The summed E-state index contributed by atoms with van der Waals surface area (Å²) in [6.45, 7) is 0. The number of fused-ring (bicyclic) bond motifs is 2. The maximum absolute atomic E-state index is 11.9. The second kappa shape index (κ2) is 5.91.